The number of hydrogen-bond acceptors (Lipinski definition) is 3. The smallest absolute Gasteiger partial charge is 0.156 e. The van der Waals surface area contributed by atoms with Gasteiger partial charge in [-0.25, -0.2) is 4.98 Å². The number of aromatic nitrogens is 1. The van der Waals surface area contributed by atoms with Crippen molar-refractivity contribution in [1.82, 2.24) is 4.98 Å². The standard InChI is InChI=1S/C14H15N3/c1-10-9-17(13-7-3-2-5-11(10)13)14-12(15)6-4-8-16-14/h2-8,10H,9,15H2,1H3/t10-/m0/s1. The van der Waals surface area contributed by atoms with Crippen LogP contribution in [0.15, 0.2) is 42.6 Å². The highest BCUT2D eigenvalue weighted by atomic mass is 15.2. The minimum atomic E-state index is 0.521. The van der Waals surface area contributed by atoms with Crippen molar-refractivity contribution >= 4 is 17.2 Å². The zero-order valence-corrected chi connectivity index (χ0v) is 9.80. The van der Waals surface area contributed by atoms with Gasteiger partial charge in [-0.1, -0.05) is 25.1 Å². The van der Waals surface area contributed by atoms with Gasteiger partial charge in [-0.15, -0.1) is 0 Å². The molecule has 0 bridgehead atoms. The van der Waals surface area contributed by atoms with Gasteiger partial charge in [-0.05, 0) is 23.8 Å². The number of pyridine rings is 1. The molecule has 0 amide bonds. The molecule has 3 nitrogen and oxygen atoms in total. The third kappa shape index (κ3) is 1.55. The van der Waals surface area contributed by atoms with E-state index in [2.05, 4.69) is 41.1 Å². The maximum Gasteiger partial charge on any atom is 0.156 e. The lowest BCUT2D eigenvalue weighted by Crippen LogP contribution is -2.17. The molecule has 0 saturated heterocycles. The number of nitrogens with zero attached hydrogens (tertiary/aromatic N) is 2. The van der Waals surface area contributed by atoms with Gasteiger partial charge in [0.25, 0.3) is 0 Å². The van der Waals surface area contributed by atoms with Crippen LogP contribution in [0, 0.1) is 0 Å². The second-order valence-electron chi connectivity index (χ2n) is 4.49. The topological polar surface area (TPSA) is 42.2 Å². The molecule has 0 radical (unpaired) electrons. The Bertz CT molecular complexity index is 551. The Balaban J connectivity index is 2.11. The van der Waals surface area contributed by atoms with Gasteiger partial charge < -0.3 is 10.6 Å². The second kappa shape index (κ2) is 3.77. The lowest BCUT2D eigenvalue weighted by molar-refractivity contribution is 0.808. The number of nitrogens with two attached hydrogens (primary N) is 1. The number of hydrogen-bond donors (Lipinski definition) is 1. The van der Waals surface area contributed by atoms with E-state index in [1.165, 1.54) is 11.3 Å². The molecule has 1 atom stereocenters. The first-order chi connectivity index (χ1) is 8.27. The third-order valence-corrected chi connectivity index (χ3v) is 3.29. The van der Waals surface area contributed by atoms with Crippen molar-refractivity contribution in [2.24, 2.45) is 0 Å². The quantitative estimate of drug-likeness (QED) is 0.811. The minimum absolute atomic E-state index is 0.521. The minimum Gasteiger partial charge on any atom is -0.396 e. The van der Waals surface area contributed by atoms with Crippen LogP contribution in [-0.4, -0.2) is 11.5 Å². The van der Waals surface area contributed by atoms with Crippen molar-refractivity contribution in [3.05, 3.63) is 48.2 Å². The van der Waals surface area contributed by atoms with Gasteiger partial charge in [0.15, 0.2) is 5.82 Å². The lowest BCUT2D eigenvalue weighted by Gasteiger charge is -2.19. The van der Waals surface area contributed by atoms with Crippen molar-refractivity contribution in [2.45, 2.75) is 12.8 Å². The van der Waals surface area contributed by atoms with E-state index in [1.807, 2.05) is 12.1 Å². The van der Waals surface area contributed by atoms with Crippen LogP contribution >= 0.6 is 0 Å². The van der Waals surface area contributed by atoms with Crippen molar-refractivity contribution in [3.63, 3.8) is 0 Å². The molecular weight excluding hydrogens is 210 g/mol. The molecule has 0 fully saturated rings. The van der Waals surface area contributed by atoms with E-state index in [9.17, 15) is 0 Å². The summed E-state index contributed by atoms with van der Waals surface area (Å²) >= 11 is 0. The predicted molar refractivity (Wildman–Crippen MR) is 70.5 cm³/mol. The Morgan fingerprint density at radius 2 is 2.06 bits per heavy atom. The van der Waals surface area contributed by atoms with Crippen LogP contribution in [0.1, 0.15) is 18.4 Å². The summed E-state index contributed by atoms with van der Waals surface area (Å²) in [6.45, 7) is 3.18. The summed E-state index contributed by atoms with van der Waals surface area (Å²) in [4.78, 5) is 6.60. The molecule has 3 heteroatoms. The normalized spacial score (nSPS) is 18.2. The summed E-state index contributed by atoms with van der Waals surface area (Å²) in [5.74, 6) is 1.39. The van der Waals surface area contributed by atoms with Gasteiger partial charge in [0.1, 0.15) is 0 Å². The Morgan fingerprint density at radius 3 is 2.88 bits per heavy atom. The first-order valence-corrected chi connectivity index (χ1v) is 5.84. The first kappa shape index (κ1) is 10.1. The number of anilines is 3. The average molecular weight is 225 g/mol. The highest BCUT2D eigenvalue weighted by molar-refractivity contribution is 5.75. The molecule has 2 heterocycles. The van der Waals surface area contributed by atoms with Gasteiger partial charge in [-0.2, -0.15) is 0 Å². The fraction of sp³-hybridized carbons (Fsp3) is 0.214. The SMILES string of the molecule is C[C@H]1CN(c2ncccc2N)c2ccccc21. The zero-order chi connectivity index (χ0) is 11.8. The highest BCUT2D eigenvalue weighted by Crippen LogP contribution is 2.41. The lowest BCUT2D eigenvalue weighted by atomic mass is 10.0. The van der Waals surface area contributed by atoms with Crippen LogP contribution < -0.4 is 10.6 Å². The van der Waals surface area contributed by atoms with E-state index in [0.29, 0.717) is 5.92 Å². The molecule has 0 aliphatic carbocycles. The highest BCUT2D eigenvalue weighted by Gasteiger charge is 2.27. The molecular formula is C14H15N3. The Morgan fingerprint density at radius 1 is 1.24 bits per heavy atom. The van der Waals surface area contributed by atoms with Crippen LogP contribution in [0.25, 0.3) is 0 Å². The fourth-order valence-electron chi connectivity index (χ4n) is 2.46. The summed E-state index contributed by atoms with van der Waals surface area (Å²) < 4.78 is 0. The van der Waals surface area contributed by atoms with E-state index in [-0.39, 0.29) is 0 Å². The predicted octanol–water partition coefficient (Wildman–Crippen LogP) is 2.92. The fourth-order valence-corrected chi connectivity index (χ4v) is 2.46. The van der Waals surface area contributed by atoms with Gasteiger partial charge in [0.05, 0.1) is 5.69 Å². The molecule has 0 unspecified atom stereocenters. The van der Waals surface area contributed by atoms with Crippen LogP contribution in [0.2, 0.25) is 0 Å². The van der Waals surface area contributed by atoms with E-state index in [1.54, 1.807) is 6.20 Å². The Labute approximate surface area is 101 Å². The molecule has 2 N–H and O–H groups in total. The summed E-state index contributed by atoms with van der Waals surface area (Å²) in [7, 11) is 0. The van der Waals surface area contributed by atoms with E-state index >= 15 is 0 Å². The van der Waals surface area contributed by atoms with E-state index in [0.717, 1.165) is 18.1 Å². The number of benzene rings is 1. The third-order valence-electron chi connectivity index (χ3n) is 3.29. The molecule has 0 saturated carbocycles. The van der Waals surface area contributed by atoms with Crippen molar-refractivity contribution in [3.8, 4) is 0 Å². The largest absolute Gasteiger partial charge is 0.396 e. The van der Waals surface area contributed by atoms with E-state index in [4.69, 9.17) is 5.73 Å². The Hall–Kier alpha value is -2.03. The first-order valence-electron chi connectivity index (χ1n) is 5.84. The summed E-state index contributed by atoms with van der Waals surface area (Å²) in [6, 6.07) is 12.2. The summed E-state index contributed by atoms with van der Waals surface area (Å²) in [5, 5.41) is 0. The maximum atomic E-state index is 6.00. The molecule has 1 aliphatic rings. The number of fused-ring (bicyclic) bond motifs is 1. The van der Waals surface area contributed by atoms with Gasteiger partial charge in [0, 0.05) is 24.3 Å². The van der Waals surface area contributed by atoms with Gasteiger partial charge in [-0.3, -0.25) is 0 Å². The number of nitrogen functional groups attached to an aromatic ring is 1. The molecule has 1 aliphatic heterocycles. The molecule has 17 heavy (non-hydrogen) atoms. The molecule has 86 valence electrons. The summed E-state index contributed by atoms with van der Waals surface area (Å²) in [6.07, 6.45) is 1.79. The number of para-hydroxylation sites is 1. The Kier molecular flexibility index (Phi) is 2.25. The monoisotopic (exact) mass is 225 g/mol. The molecule has 0 spiro atoms. The van der Waals surface area contributed by atoms with Crippen LogP contribution in [-0.2, 0) is 0 Å². The van der Waals surface area contributed by atoms with Gasteiger partial charge in [0.2, 0.25) is 0 Å². The molecule has 3 rings (SSSR count). The van der Waals surface area contributed by atoms with E-state index < -0.39 is 0 Å². The van der Waals surface area contributed by atoms with Crippen molar-refractivity contribution < 1.29 is 0 Å². The van der Waals surface area contributed by atoms with Crippen LogP contribution in [0.4, 0.5) is 17.2 Å². The molecule has 1 aromatic carbocycles. The van der Waals surface area contributed by atoms with Crippen molar-refractivity contribution in [2.75, 3.05) is 17.2 Å². The van der Waals surface area contributed by atoms with Crippen LogP contribution in [0.3, 0.4) is 0 Å². The zero-order valence-electron chi connectivity index (χ0n) is 9.80. The molecule has 1 aromatic heterocycles. The summed E-state index contributed by atoms with van der Waals surface area (Å²) in [5.41, 5.74) is 9.33. The average Bonchev–Trinajstić information content (AvgIpc) is 2.68. The van der Waals surface area contributed by atoms with Crippen LogP contribution in [0.5, 0.6) is 0 Å². The second-order valence-corrected chi connectivity index (χ2v) is 4.49. The number of rotatable bonds is 1. The van der Waals surface area contributed by atoms with Gasteiger partial charge >= 0.3 is 0 Å². The maximum absolute atomic E-state index is 6.00. The molecule has 2 aromatic rings. The van der Waals surface area contributed by atoms with Crippen molar-refractivity contribution in [1.29, 1.82) is 0 Å².